The van der Waals surface area contributed by atoms with Crippen molar-refractivity contribution in [1.29, 1.82) is 0 Å². The number of nitrogens with one attached hydrogen (secondary N) is 1. The van der Waals surface area contributed by atoms with Crippen LogP contribution in [0, 0.1) is 13.8 Å². The van der Waals surface area contributed by atoms with Crippen molar-refractivity contribution in [3.05, 3.63) is 81.9 Å². The van der Waals surface area contributed by atoms with Crippen molar-refractivity contribution in [3.63, 3.8) is 0 Å². The van der Waals surface area contributed by atoms with E-state index in [0.717, 1.165) is 17.0 Å². The SMILES string of the molecule is CCOc1ccccc1CNC(=O)[C@H](CC)n1nc(C)c2nn(-c3ccccc3)c(C)c2c1=O. The first-order valence-corrected chi connectivity index (χ1v) is 11.5. The van der Waals surface area contributed by atoms with Gasteiger partial charge >= 0.3 is 0 Å². The van der Waals surface area contributed by atoms with Gasteiger partial charge in [0.15, 0.2) is 0 Å². The molecule has 0 bridgehead atoms. The summed E-state index contributed by atoms with van der Waals surface area (Å²) in [4.78, 5) is 26.7. The number of benzene rings is 2. The van der Waals surface area contributed by atoms with Crippen LogP contribution in [0.25, 0.3) is 16.6 Å². The molecule has 0 fully saturated rings. The van der Waals surface area contributed by atoms with E-state index in [9.17, 15) is 9.59 Å². The maximum Gasteiger partial charge on any atom is 0.278 e. The van der Waals surface area contributed by atoms with Gasteiger partial charge in [-0.2, -0.15) is 10.2 Å². The van der Waals surface area contributed by atoms with Crippen LogP contribution < -0.4 is 15.6 Å². The standard InChI is InChI=1S/C26H29N5O3/c1-5-21(25(32)27-16-19-12-10-11-15-22(19)34-6-2)31-26(33)23-18(4)30(20-13-8-7-9-14-20)29-24(23)17(3)28-31/h7-15,21H,5-6,16H2,1-4H3,(H,27,32)/t21-/m0/s1. The first-order chi connectivity index (χ1) is 16.5. The Balaban J connectivity index is 1.68. The molecular formula is C26H29N5O3. The summed E-state index contributed by atoms with van der Waals surface area (Å²) in [7, 11) is 0. The largest absolute Gasteiger partial charge is 0.494 e. The predicted octanol–water partition coefficient (Wildman–Crippen LogP) is 3.87. The number of fused-ring (bicyclic) bond motifs is 1. The second-order valence-corrected chi connectivity index (χ2v) is 8.07. The van der Waals surface area contributed by atoms with Crippen molar-refractivity contribution < 1.29 is 9.53 Å². The lowest BCUT2D eigenvalue weighted by molar-refractivity contribution is -0.125. The normalized spacial score (nSPS) is 12.0. The van der Waals surface area contributed by atoms with Gasteiger partial charge in [-0.3, -0.25) is 9.59 Å². The fraction of sp³-hybridized carbons (Fsp3) is 0.308. The van der Waals surface area contributed by atoms with E-state index in [1.54, 1.807) is 4.68 Å². The zero-order valence-corrected chi connectivity index (χ0v) is 19.9. The van der Waals surface area contributed by atoms with Crippen LogP contribution in [-0.4, -0.2) is 32.1 Å². The zero-order chi connectivity index (χ0) is 24.2. The molecule has 4 aromatic rings. The molecule has 2 heterocycles. The molecule has 0 radical (unpaired) electrons. The second-order valence-electron chi connectivity index (χ2n) is 8.07. The van der Waals surface area contributed by atoms with Crippen molar-refractivity contribution in [2.45, 2.75) is 46.7 Å². The number of hydrogen-bond donors (Lipinski definition) is 1. The number of rotatable bonds is 8. The number of nitrogens with zero attached hydrogens (tertiary/aromatic N) is 4. The van der Waals surface area contributed by atoms with E-state index in [1.807, 2.05) is 82.3 Å². The van der Waals surface area contributed by atoms with Gasteiger partial charge in [-0.05, 0) is 45.4 Å². The summed E-state index contributed by atoms with van der Waals surface area (Å²) in [6.45, 7) is 8.29. The second kappa shape index (κ2) is 9.91. The molecule has 1 N–H and O–H groups in total. The van der Waals surface area contributed by atoms with Crippen LogP contribution in [0.15, 0.2) is 59.4 Å². The Kier molecular flexibility index (Phi) is 6.77. The average Bonchev–Trinajstić information content (AvgIpc) is 3.21. The number of para-hydroxylation sites is 2. The fourth-order valence-corrected chi connectivity index (χ4v) is 4.13. The molecule has 8 heteroatoms. The Hall–Kier alpha value is -3.94. The van der Waals surface area contributed by atoms with Gasteiger partial charge in [-0.25, -0.2) is 9.36 Å². The summed E-state index contributed by atoms with van der Waals surface area (Å²) in [5.41, 5.74) is 3.27. The van der Waals surface area contributed by atoms with Gasteiger partial charge in [0.05, 0.1) is 29.1 Å². The molecule has 2 aromatic carbocycles. The third-order valence-electron chi connectivity index (χ3n) is 5.85. The molecule has 8 nitrogen and oxygen atoms in total. The van der Waals surface area contributed by atoms with Crippen LogP contribution >= 0.6 is 0 Å². The van der Waals surface area contributed by atoms with E-state index in [0.29, 0.717) is 41.9 Å². The smallest absolute Gasteiger partial charge is 0.278 e. The number of hydrogen-bond acceptors (Lipinski definition) is 5. The van der Waals surface area contributed by atoms with Crippen LogP contribution in [0.5, 0.6) is 5.75 Å². The summed E-state index contributed by atoms with van der Waals surface area (Å²) in [6, 6.07) is 16.5. The predicted molar refractivity (Wildman–Crippen MR) is 131 cm³/mol. The van der Waals surface area contributed by atoms with Crippen LogP contribution in [0.3, 0.4) is 0 Å². The fourth-order valence-electron chi connectivity index (χ4n) is 4.13. The van der Waals surface area contributed by atoms with Gasteiger partial charge in [-0.1, -0.05) is 43.3 Å². The number of carbonyl (C=O) groups is 1. The Morgan fingerprint density at radius 2 is 1.74 bits per heavy atom. The Labute approximate surface area is 198 Å². The first-order valence-electron chi connectivity index (χ1n) is 11.5. The third-order valence-corrected chi connectivity index (χ3v) is 5.85. The highest BCUT2D eigenvalue weighted by atomic mass is 16.5. The molecular weight excluding hydrogens is 430 g/mol. The van der Waals surface area contributed by atoms with Gasteiger partial charge in [0, 0.05) is 12.1 Å². The Morgan fingerprint density at radius 1 is 1.03 bits per heavy atom. The average molecular weight is 460 g/mol. The highest BCUT2D eigenvalue weighted by Crippen LogP contribution is 2.22. The van der Waals surface area contributed by atoms with E-state index in [1.165, 1.54) is 4.68 Å². The molecule has 0 spiro atoms. The number of amides is 1. The molecule has 34 heavy (non-hydrogen) atoms. The lowest BCUT2D eigenvalue weighted by Crippen LogP contribution is -2.38. The number of aromatic nitrogens is 4. The molecule has 2 aromatic heterocycles. The van der Waals surface area contributed by atoms with Crippen molar-refractivity contribution in [1.82, 2.24) is 24.9 Å². The summed E-state index contributed by atoms with van der Waals surface area (Å²) in [6.07, 6.45) is 0.419. The maximum atomic E-state index is 13.5. The van der Waals surface area contributed by atoms with Crippen molar-refractivity contribution in [2.24, 2.45) is 0 Å². The molecule has 4 rings (SSSR count). The molecule has 176 valence electrons. The topological polar surface area (TPSA) is 91.0 Å². The van der Waals surface area contributed by atoms with Crippen LogP contribution in [0.1, 0.15) is 43.3 Å². The van der Waals surface area contributed by atoms with Crippen molar-refractivity contribution in [2.75, 3.05) is 6.61 Å². The minimum Gasteiger partial charge on any atom is -0.494 e. The van der Waals surface area contributed by atoms with E-state index < -0.39 is 6.04 Å². The Bertz CT molecular complexity index is 1370. The molecule has 0 saturated carbocycles. The molecule has 0 aliphatic rings. The summed E-state index contributed by atoms with van der Waals surface area (Å²) in [5, 5.41) is 12.6. The van der Waals surface area contributed by atoms with Gasteiger partial charge < -0.3 is 10.1 Å². The molecule has 0 saturated heterocycles. The molecule has 1 atom stereocenters. The lowest BCUT2D eigenvalue weighted by atomic mass is 10.1. The van der Waals surface area contributed by atoms with Crippen molar-refractivity contribution in [3.8, 4) is 11.4 Å². The summed E-state index contributed by atoms with van der Waals surface area (Å²) < 4.78 is 8.69. The Morgan fingerprint density at radius 3 is 2.44 bits per heavy atom. The van der Waals surface area contributed by atoms with Gasteiger partial charge in [0.1, 0.15) is 17.3 Å². The molecule has 1 amide bonds. The van der Waals surface area contributed by atoms with E-state index >= 15 is 0 Å². The zero-order valence-electron chi connectivity index (χ0n) is 19.9. The van der Waals surface area contributed by atoms with Crippen molar-refractivity contribution >= 4 is 16.8 Å². The van der Waals surface area contributed by atoms with E-state index in [2.05, 4.69) is 15.5 Å². The highest BCUT2D eigenvalue weighted by Gasteiger charge is 2.25. The quantitative estimate of drug-likeness (QED) is 0.432. The summed E-state index contributed by atoms with van der Waals surface area (Å²) in [5.74, 6) is 0.463. The molecule has 0 aliphatic carbocycles. The van der Waals surface area contributed by atoms with E-state index in [4.69, 9.17) is 4.74 Å². The third kappa shape index (κ3) is 4.31. The first kappa shape index (κ1) is 23.2. The summed E-state index contributed by atoms with van der Waals surface area (Å²) >= 11 is 0. The van der Waals surface area contributed by atoms with Gasteiger partial charge in [0.25, 0.3) is 5.56 Å². The number of aryl methyl sites for hydroxylation is 2. The van der Waals surface area contributed by atoms with Crippen LogP contribution in [0.4, 0.5) is 0 Å². The van der Waals surface area contributed by atoms with Crippen LogP contribution in [0.2, 0.25) is 0 Å². The molecule has 0 unspecified atom stereocenters. The maximum absolute atomic E-state index is 13.5. The molecule has 0 aliphatic heterocycles. The van der Waals surface area contributed by atoms with Gasteiger partial charge in [0.2, 0.25) is 5.91 Å². The van der Waals surface area contributed by atoms with Crippen LogP contribution in [-0.2, 0) is 11.3 Å². The lowest BCUT2D eigenvalue weighted by Gasteiger charge is -2.18. The number of ether oxygens (including phenoxy) is 1. The highest BCUT2D eigenvalue weighted by molar-refractivity contribution is 5.84. The minimum absolute atomic E-state index is 0.268. The van der Waals surface area contributed by atoms with E-state index in [-0.39, 0.29) is 11.5 Å². The van der Waals surface area contributed by atoms with Gasteiger partial charge in [-0.15, -0.1) is 0 Å². The number of carbonyl (C=O) groups excluding carboxylic acids is 1. The minimum atomic E-state index is -0.741. The monoisotopic (exact) mass is 459 g/mol.